The van der Waals surface area contributed by atoms with Crippen LogP contribution in [0.15, 0.2) is 4.99 Å². The van der Waals surface area contributed by atoms with Gasteiger partial charge >= 0.3 is 0 Å². The van der Waals surface area contributed by atoms with E-state index in [1.54, 1.807) is 0 Å². The summed E-state index contributed by atoms with van der Waals surface area (Å²) in [5.41, 5.74) is 2.52. The maximum Gasteiger partial charge on any atom is 0.242 e. The van der Waals surface area contributed by atoms with E-state index in [2.05, 4.69) is 15.7 Å². The molecule has 0 saturated carbocycles. The third-order valence-corrected chi connectivity index (χ3v) is 2.21. The first-order valence-corrected chi connectivity index (χ1v) is 4.76. The molecule has 1 atom stereocenters. The first kappa shape index (κ1) is 10.8. The van der Waals surface area contributed by atoms with Gasteiger partial charge in [-0.3, -0.25) is 15.2 Å². The van der Waals surface area contributed by atoms with E-state index >= 15 is 0 Å². The lowest BCUT2D eigenvalue weighted by atomic mass is 10.2. The van der Waals surface area contributed by atoms with Gasteiger partial charge in [0.05, 0.1) is 0 Å². The van der Waals surface area contributed by atoms with Gasteiger partial charge in [-0.15, -0.1) is 0 Å². The fraction of sp³-hybridized carbons (Fsp3) is 0.750. The Morgan fingerprint density at radius 3 is 3.14 bits per heavy atom. The standard InChI is InChI=1S/C8H17N5O/c1-3-10-8(12-9)13-5-4-11-7(14)6(13)2/h6H,3-5,9H2,1-2H3,(H,10,12)(H,11,14). The molecule has 80 valence electrons. The van der Waals surface area contributed by atoms with Crippen molar-refractivity contribution in [3.63, 3.8) is 0 Å². The first-order valence-electron chi connectivity index (χ1n) is 4.76. The number of piperazine rings is 1. The Morgan fingerprint density at radius 2 is 2.57 bits per heavy atom. The number of rotatable bonds is 1. The zero-order chi connectivity index (χ0) is 10.6. The Morgan fingerprint density at radius 1 is 1.86 bits per heavy atom. The third-order valence-electron chi connectivity index (χ3n) is 2.21. The van der Waals surface area contributed by atoms with Crippen LogP contribution in [0.1, 0.15) is 13.8 Å². The molecule has 1 unspecified atom stereocenters. The number of aliphatic imine (C=N–C) groups is 1. The summed E-state index contributed by atoms with van der Waals surface area (Å²) in [6, 6.07) is -0.218. The molecule has 1 aliphatic rings. The fourth-order valence-electron chi connectivity index (χ4n) is 1.44. The average molecular weight is 199 g/mol. The third kappa shape index (κ3) is 2.14. The number of nitrogens with one attached hydrogen (secondary N) is 2. The van der Waals surface area contributed by atoms with Crippen molar-refractivity contribution in [3.05, 3.63) is 0 Å². The molecular formula is C8H17N5O. The normalized spacial score (nSPS) is 23.4. The predicted molar refractivity (Wildman–Crippen MR) is 54.5 cm³/mol. The minimum absolute atomic E-state index is 0.00954. The summed E-state index contributed by atoms with van der Waals surface area (Å²) >= 11 is 0. The second-order valence-electron chi connectivity index (χ2n) is 3.10. The summed E-state index contributed by atoms with van der Waals surface area (Å²) in [6.07, 6.45) is 0. The number of guanidine groups is 1. The molecule has 0 spiro atoms. The van der Waals surface area contributed by atoms with Crippen molar-refractivity contribution in [3.8, 4) is 0 Å². The van der Waals surface area contributed by atoms with Crippen molar-refractivity contribution in [1.82, 2.24) is 15.6 Å². The van der Waals surface area contributed by atoms with Gasteiger partial charge in [0.25, 0.3) is 0 Å². The lowest BCUT2D eigenvalue weighted by molar-refractivity contribution is -0.126. The lowest BCUT2D eigenvalue weighted by Gasteiger charge is -2.34. The summed E-state index contributed by atoms with van der Waals surface area (Å²) in [5, 5.41) is 2.78. The topological polar surface area (TPSA) is 82.8 Å². The lowest BCUT2D eigenvalue weighted by Crippen LogP contribution is -2.59. The van der Waals surface area contributed by atoms with E-state index in [4.69, 9.17) is 5.84 Å². The van der Waals surface area contributed by atoms with Crippen LogP contribution in [0.4, 0.5) is 0 Å². The number of hydrazine groups is 1. The van der Waals surface area contributed by atoms with Crippen molar-refractivity contribution < 1.29 is 4.79 Å². The predicted octanol–water partition coefficient (Wildman–Crippen LogP) is -1.35. The van der Waals surface area contributed by atoms with Gasteiger partial charge in [-0.2, -0.15) is 0 Å². The highest BCUT2D eigenvalue weighted by atomic mass is 16.2. The SMILES string of the molecule is CCN=C(NN)N1CCNC(=O)C1C. The highest BCUT2D eigenvalue weighted by Crippen LogP contribution is 2.03. The van der Waals surface area contributed by atoms with Crippen LogP contribution in [-0.4, -0.2) is 42.4 Å². The number of carbonyl (C=O) groups is 1. The van der Waals surface area contributed by atoms with Gasteiger partial charge in [-0.25, -0.2) is 5.84 Å². The summed E-state index contributed by atoms with van der Waals surface area (Å²) in [4.78, 5) is 17.4. The van der Waals surface area contributed by atoms with Gasteiger partial charge < -0.3 is 10.2 Å². The number of carbonyl (C=O) groups excluding carboxylic acids is 1. The zero-order valence-electron chi connectivity index (χ0n) is 8.58. The number of nitrogens with zero attached hydrogens (tertiary/aromatic N) is 2. The van der Waals surface area contributed by atoms with Crippen LogP contribution in [-0.2, 0) is 4.79 Å². The van der Waals surface area contributed by atoms with Crippen molar-refractivity contribution in [2.45, 2.75) is 19.9 Å². The molecule has 1 saturated heterocycles. The maximum atomic E-state index is 11.4. The first-order chi connectivity index (χ1) is 6.70. The van der Waals surface area contributed by atoms with Gasteiger partial charge in [0.15, 0.2) is 0 Å². The molecule has 0 aromatic carbocycles. The van der Waals surface area contributed by atoms with Crippen molar-refractivity contribution in [2.75, 3.05) is 19.6 Å². The van der Waals surface area contributed by atoms with Crippen LogP contribution in [0.2, 0.25) is 0 Å². The molecule has 6 heteroatoms. The van der Waals surface area contributed by atoms with Crippen molar-refractivity contribution >= 4 is 11.9 Å². The smallest absolute Gasteiger partial charge is 0.242 e. The van der Waals surface area contributed by atoms with E-state index in [0.29, 0.717) is 19.0 Å². The Balaban J connectivity index is 2.73. The molecule has 0 radical (unpaired) electrons. The van der Waals surface area contributed by atoms with Crippen LogP contribution in [0, 0.1) is 0 Å². The molecule has 1 rings (SSSR count). The van der Waals surface area contributed by atoms with Crippen LogP contribution in [0.25, 0.3) is 0 Å². The van der Waals surface area contributed by atoms with Gasteiger partial charge in [-0.1, -0.05) is 0 Å². The van der Waals surface area contributed by atoms with E-state index in [0.717, 1.165) is 6.54 Å². The van der Waals surface area contributed by atoms with Gasteiger partial charge in [-0.05, 0) is 13.8 Å². The second kappa shape index (κ2) is 4.80. The van der Waals surface area contributed by atoms with Crippen LogP contribution in [0.3, 0.4) is 0 Å². The minimum atomic E-state index is -0.218. The molecule has 1 fully saturated rings. The van der Waals surface area contributed by atoms with E-state index in [-0.39, 0.29) is 11.9 Å². The van der Waals surface area contributed by atoms with Gasteiger partial charge in [0.1, 0.15) is 6.04 Å². The number of hydrogen-bond donors (Lipinski definition) is 3. The second-order valence-corrected chi connectivity index (χ2v) is 3.10. The summed E-state index contributed by atoms with van der Waals surface area (Å²) in [5.74, 6) is 5.93. The van der Waals surface area contributed by atoms with Gasteiger partial charge in [0.2, 0.25) is 11.9 Å². The van der Waals surface area contributed by atoms with E-state index in [1.165, 1.54) is 0 Å². The Bertz CT molecular complexity index is 240. The van der Waals surface area contributed by atoms with Crippen LogP contribution < -0.4 is 16.6 Å². The molecule has 1 heterocycles. The molecule has 0 aliphatic carbocycles. The zero-order valence-corrected chi connectivity index (χ0v) is 8.58. The summed E-state index contributed by atoms with van der Waals surface area (Å²) < 4.78 is 0. The maximum absolute atomic E-state index is 11.4. The minimum Gasteiger partial charge on any atom is -0.353 e. The van der Waals surface area contributed by atoms with Gasteiger partial charge in [0, 0.05) is 19.6 Å². The molecule has 0 aromatic rings. The number of nitrogens with two attached hydrogens (primary N) is 1. The van der Waals surface area contributed by atoms with Crippen LogP contribution >= 0.6 is 0 Å². The summed E-state index contributed by atoms with van der Waals surface area (Å²) in [6.45, 7) is 5.76. The Kier molecular flexibility index (Phi) is 3.70. The number of hydrogen-bond acceptors (Lipinski definition) is 3. The van der Waals surface area contributed by atoms with Crippen molar-refractivity contribution in [2.24, 2.45) is 10.8 Å². The molecule has 6 nitrogen and oxygen atoms in total. The molecule has 4 N–H and O–H groups in total. The molecule has 0 bridgehead atoms. The Labute approximate surface area is 83.5 Å². The van der Waals surface area contributed by atoms with Crippen LogP contribution in [0.5, 0.6) is 0 Å². The molecule has 1 amide bonds. The molecule has 0 aromatic heterocycles. The van der Waals surface area contributed by atoms with Crippen molar-refractivity contribution in [1.29, 1.82) is 0 Å². The quantitative estimate of drug-likeness (QED) is 0.211. The number of amides is 1. The van der Waals surface area contributed by atoms with E-state index < -0.39 is 0 Å². The van der Waals surface area contributed by atoms with E-state index in [1.807, 2.05) is 18.7 Å². The average Bonchev–Trinajstić information content (AvgIpc) is 2.19. The highest BCUT2D eigenvalue weighted by Gasteiger charge is 2.27. The monoisotopic (exact) mass is 199 g/mol. The summed E-state index contributed by atoms with van der Waals surface area (Å²) in [7, 11) is 0. The fourth-order valence-corrected chi connectivity index (χ4v) is 1.44. The highest BCUT2D eigenvalue weighted by molar-refractivity contribution is 5.89. The Hall–Kier alpha value is -1.30. The molecular weight excluding hydrogens is 182 g/mol. The molecule has 14 heavy (non-hydrogen) atoms. The molecule has 1 aliphatic heterocycles. The van der Waals surface area contributed by atoms with E-state index in [9.17, 15) is 4.79 Å². The largest absolute Gasteiger partial charge is 0.353 e.